The third-order valence-corrected chi connectivity index (χ3v) is 3.13. The summed E-state index contributed by atoms with van der Waals surface area (Å²) in [6, 6.07) is -0.365. The van der Waals surface area contributed by atoms with Gasteiger partial charge in [0.1, 0.15) is 6.04 Å². The molecular weight excluding hydrogens is 216 g/mol. The molecule has 1 saturated heterocycles. The van der Waals surface area contributed by atoms with Crippen LogP contribution in [0.2, 0.25) is 0 Å². The maximum absolute atomic E-state index is 12.1. The van der Waals surface area contributed by atoms with Crippen LogP contribution in [0, 0.1) is 17.8 Å². The standard InChI is InChI=1S/C13H20N2O2/c1-4-6-7-8-15-9-11(16)14-12(13(15)17)10(3)5-2/h10,12H,5,7-9H2,1-3H3,(H,14,16). The van der Waals surface area contributed by atoms with Crippen LogP contribution in [0.1, 0.15) is 33.6 Å². The Bertz CT molecular complexity index is 354. The zero-order chi connectivity index (χ0) is 12.8. The summed E-state index contributed by atoms with van der Waals surface area (Å²) < 4.78 is 0. The number of carbonyl (C=O) groups excluding carboxylic acids is 2. The lowest BCUT2D eigenvalue weighted by molar-refractivity contribution is -0.145. The molecule has 2 atom stereocenters. The van der Waals surface area contributed by atoms with Crippen molar-refractivity contribution < 1.29 is 9.59 Å². The summed E-state index contributed by atoms with van der Waals surface area (Å²) in [5.41, 5.74) is 0. The number of carbonyl (C=O) groups is 2. The van der Waals surface area contributed by atoms with Crippen LogP contribution in [-0.4, -0.2) is 35.8 Å². The molecule has 94 valence electrons. The fourth-order valence-electron chi connectivity index (χ4n) is 1.86. The molecule has 1 rings (SSSR count). The van der Waals surface area contributed by atoms with Crippen molar-refractivity contribution in [2.45, 2.75) is 39.7 Å². The van der Waals surface area contributed by atoms with Crippen LogP contribution in [0.4, 0.5) is 0 Å². The van der Waals surface area contributed by atoms with Gasteiger partial charge < -0.3 is 10.2 Å². The normalized spacial score (nSPS) is 21.6. The highest BCUT2D eigenvalue weighted by molar-refractivity contribution is 5.95. The van der Waals surface area contributed by atoms with Gasteiger partial charge in [0.15, 0.2) is 0 Å². The number of hydrogen-bond acceptors (Lipinski definition) is 2. The molecule has 0 aromatic carbocycles. The van der Waals surface area contributed by atoms with Gasteiger partial charge in [-0.3, -0.25) is 9.59 Å². The van der Waals surface area contributed by atoms with Gasteiger partial charge >= 0.3 is 0 Å². The third-order valence-electron chi connectivity index (χ3n) is 3.13. The molecule has 0 saturated carbocycles. The molecule has 4 heteroatoms. The van der Waals surface area contributed by atoms with Gasteiger partial charge in [0, 0.05) is 13.0 Å². The number of amides is 2. The van der Waals surface area contributed by atoms with E-state index in [-0.39, 0.29) is 30.3 Å². The van der Waals surface area contributed by atoms with Crippen LogP contribution >= 0.6 is 0 Å². The van der Waals surface area contributed by atoms with E-state index in [0.29, 0.717) is 13.0 Å². The van der Waals surface area contributed by atoms with E-state index in [1.54, 1.807) is 11.8 Å². The minimum absolute atomic E-state index is 0.0249. The van der Waals surface area contributed by atoms with E-state index in [1.807, 2.05) is 13.8 Å². The van der Waals surface area contributed by atoms with Gasteiger partial charge in [-0.25, -0.2) is 0 Å². The molecule has 1 aliphatic heterocycles. The summed E-state index contributed by atoms with van der Waals surface area (Å²) in [7, 11) is 0. The third kappa shape index (κ3) is 3.48. The van der Waals surface area contributed by atoms with E-state index in [1.165, 1.54) is 0 Å². The van der Waals surface area contributed by atoms with Gasteiger partial charge in [0.05, 0.1) is 6.54 Å². The Morgan fingerprint density at radius 2 is 2.24 bits per heavy atom. The SMILES string of the molecule is CC#CCCN1CC(=O)NC(C(C)CC)C1=O. The van der Waals surface area contributed by atoms with Gasteiger partial charge in [0.25, 0.3) is 0 Å². The summed E-state index contributed by atoms with van der Waals surface area (Å²) in [4.78, 5) is 25.3. The molecular formula is C13H20N2O2. The lowest BCUT2D eigenvalue weighted by Crippen LogP contribution is -2.60. The van der Waals surface area contributed by atoms with Crippen molar-refractivity contribution in [1.29, 1.82) is 0 Å². The highest BCUT2D eigenvalue weighted by atomic mass is 16.2. The maximum Gasteiger partial charge on any atom is 0.245 e. The molecule has 1 aliphatic rings. The molecule has 0 radical (unpaired) electrons. The fourth-order valence-corrected chi connectivity index (χ4v) is 1.86. The van der Waals surface area contributed by atoms with Gasteiger partial charge in [0.2, 0.25) is 11.8 Å². The highest BCUT2D eigenvalue weighted by Gasteiger charge is 2.34. The summed E-state index contributed by atoms with van der Waals surface area (Å²) in [5.74, 6) is 5.83. The first-order valence-corrected chi connectivity index (χ1v) is 6.07. The molecule has 0 bridgehead atoms. The average molecular weight is 236 g/mol. The monoisotopic (exact) mass is 236 g/mol. The van der Waals surface area contributed by atoms with Crippen molar-refractivity contribution in [2.24, 2.45) is 5.92 Å². The Morgan fingerprint density at radius 3 is 2.82 bits per heavy atom. The molecule has 4 nitrogen and oxygen atoms in total. The van der Waals surface area contributed by atoms with Crippen LogP contribution < -0.4 is 5.32 Å². The van der Waals surface area contributed by atoms with E-state index in [9.17, 15) is 9.59 Å². The molecule has 1 heterocycles. The van der Waals surface area contributed by atoms with Crippen molar-refractivity contribution in [3.63, 3.8) is 0 Å². The van der Waals surface area contributed by atoms with Crippen LogP contribution in [0.15, 0.2) is 0 Å². The molecule has 0 spiro atoms. The predicted octanol–water partition coefficient (Wildman–Crippen LogP) is 0.773. The fraction of sp³-hybridized carbons (Fsp3) is 0.692. The van der Waals surface area contributed by atoms with E-state index in [0.717, 1.165) is 6.42 Å². The Morgan fingerprint density at radius 1 is 1.53 bits per heavy atom. The summed E-state index contributed by atoms with van der Waals surface area (Å²) in [6.45, 7) is 6.48. The van der Waals surface area contributed by atoms with Crippen LogP contribution in [-0.2, 0) is 9.59 Å². The topological polar surface area (TPSA) is 49.4 Å². The first kappa shape index (κ1) is 13.6. The Hall–Kier alpha value is -1.50. The second-order valence-corrected chi connectivity index (χ2v) is 4.37. The molecule has 2 amide bonds. The van der Waals surface area contributed by atoms with E-state index < -0.39 is 0 Å². The highest BCUT2D eigenvalue weighted by Crippen LogP contribution is 2.14. The zero-order valence-electron chi connectivity index (χ0n) is 10.7. The minimum Gasteiger partial charge on any atom is -0.342 e. The largest absolute Gasteiger partial charge is 0.342 e. The smallest absolute Gasteiger partial charge is 0.245 e. The summed E-state index contributed by atoms with van der Waals surface area (Å²) >= 11 is 0. The first-order valence-electron chi connectivity index (χ1n) is 6.07. The van der Waals surface area contributed by atoms with Gasteiger partial charge in [-0.1, -0.05) is 20.3 Å². The van der Waals surface area contributed by atoms with Gasteiger partial charge in [-0.05, 0) is 12.8 Å². The number of nitrogens with zero attached hydrogens (tertiary/aromatic N) is 1. The van der Waals surface area contributed by atoms with Crippen molar-refractivity contribution in [2.75, 3.05) is 13.1 Å². The van der Waals surface area contributed by atoms with E-state index in [4.69, 9.17) is 0 Å². The van der Waals surface area contributed by atoms with Crippen LogP contribution in [0.25, 0.3) is 0 Å². The number of hydrogen-bond donors (Lipinski definition) is 1. The lowest BCUT2D eigenvalue weighted by Gasteiger charge is -2.34. The van der Waals surface area contributed by atoms with Gasteiger partial charge in [-0.2, -0.15) is 0 Å². The second kappa shape index (κ2) is 6.29. The zero-order valence-corrected chi connectivity index (χ0v) is 10.7. The van der Waals surface area contributed by atoms with Crippen LogP contribution in [0.3, 0.4) is 0 Å². The van der Waals surface area contributed by atoms with Crippen molar-refractivity contribution in [1.82, 2.24) is 10.2 Å². The maximum atomic E-state index is 12.1. The molecule has 17 heavy (non-hydrogen) atoms. The molecule has 0 aromatic rings. The molecule has 0 aliphatic carbocycles. The Balaban J connectivity index is 2.67. The quantitative estimate of drug-likeness (QED) is 0.733. The Kier molecular flexibility index (Phi) is 5.02. The van der Waals surface area contributed by atoms with Gasteiger partial charge in [-0.15, -0.1) is 11.8 Å². The first-order chi connectivity index (χ1) is 8.10. The number of rotatable bonds is 4. The van der Waals surface area contributed by atoms with E-state index >= 15 is 0 Å². The molecule has 1 fully saturated rings. The number of piperazine rings is 1. The van der Waals surface area contributed by atoms with Crippen molar-refractivity contribution in [3.05, 3.63) is 0 Å². The molecule has 2 unspecified atom stereocenters. The average Bonchev–Trinajstić information content (AvgIpc) is 2.32. The van der Waals surface area contributed by atoms with Crippen LogP contribution in [0.5, 0.6) is 0 Å². The summed E-state index contributed by atoms with van der Waals surface area (Å²) in [6.07, 6.45) is 1.50. The predicted molar refractivity (Wildman–Crippen MR) is 66.0 cm³/mol. The number of nitrogens with one attached hydrogen (secondary N) is 1. The lowest BCUT2D eigenvalue weighted by atomic mass is 9.96. The van der Waals surface area contributed by atoms with Crippen molar-refractivity contribution in [3.8, 4) is 11.8 Å². The van der Waals surface area contributed by atoms with E-state index in [2.05, 4.69) is 17.2 Å². The molecule has 1 N–H and O–H groups in total. The Labute approximate surface area is 103 Å². The van der Waals surface area contributed by atoms with Crippen molar-refractivity contribution >= 4 is 11.8 Å². The molecule has 0 aromatic heterocycles. The summed E-state index contributed by atoms with van der Waals surface area (Å²) in [5, 5.41) is 2.77. The second-order valence-electron chi connectivity index (χ2n) is 4.37. The minimum atomic E-state index is -0.365.